The minimum atomic E-state index is -0.107. The Bertz CT molecular complexity index is 4320. The minimum absolute atomic E-state index is 0.0119. The summed E-state index contributed by atoms with van der Waals surface area (Å²) in [5.74, 6) is -0.0828. The number of rotatable bonds is 5. The van der Waals surface area contributed by atoms with Crippen LogP contribution in [0.15, 0.2) is 106 Å². The molecule has 0 spiro atoms. The van der Waals surface area contributed by atoms with Crippen LogP contribution in [0.5, 0.6) is 0 Å². The van der Waals surface area contributed by atoms with Gasteiger partial charge in [0.1, 0.15) is 132 Å². The van der Waals surface area contributed by atoms with Gasteiger partial charge in [0.05, 0.1) is 16.4 Å². The van der Waals surface area contributed by atoms with Crippen LogP contribution in [0.2, 0.25) is 0 Å². The van der Waals surface area contributed by atoms with Gasteiger partial charge in [0.25, 0.3) is 0 Å². The topological polar surface area (TPSA) is 69.9 Å². The van der Waals surface area contributed by atoms with E-state index in [2.05, 4.69) is 34.9 Å². The van der Waals surface area contributed by atoms with Crippen molar-refractivity contribution in [1.29, 1.82) is 0 Å². The van der Waals surface area contributed by atoms with Crippen LogP contribution in [0.1, 0.15) is 0 Å². The molecule has 0 aliphatic carbocycles. The van der Waals surface area contributed by atoms with Crippen molar-refractivity contribution in [2.24, 2.45) is 0 Å². The SMILES string of the molecule is [B]c1c([B])c([B])c(-c2nc(-c3c([B])c([B])c([B])c(-c4c([B])c([B])c([B])c([B])c4[B])c3[B])nc(-c3cccc4oc5cc(-n6c7ccccc7c7c8oc9ccccc9c8ccc76)ccc5c34)n2)c([B])c1[B]. The summed E-state index contributed by atoms with van der Waals surface area (Å²) in [6.07, 6.45) is 0. The second-order valence-electron chi connectivity index (χ2n) is 17.3. The van der Waals surface area contributed by atoms with E-state index in [-0.39, 0.29) is 116 Å². The maximum atomic E-state index is 7.05. The van der Waals surface area contributed by atoms with Gasteiger partial charge in [-0.15, -0.1) is 38.2 Å². The average Bonchev–Trinajstić information content (AvgIpc) is 4.06. The number of aromatic nitrogens is 4. The Labute approximate surface area is 426 Å². The zero-order valence-corrected chi connectivity index (χ0v) is 37.4. The highest BCUT2D eigenvalue weighted by Crippen LogP contribution is 2.42. The van der Waals surface area contributed by atoms with Crippen molar-refractivity contribution in [3.05, 3.63) is 97.1 Å². The number of para-hydroxylation sites is 2. The van der Waals surface area contributed by atoms with E-state index in [0.29, 0.717) is 22.1 Å². The van der Waals surface area contributed by atoms with Gasteiger partial charge in [-0.05, 0) is 53.6 Å². The van der Waals surface area contributed by atoms with Crippen molar-refractivity contribution >= 4 is 252 Å². The summed E-state index contributed by atoms with van der Waals surface area (Å²) in [6, 6.07) is 32.0. The van der Waals surface area contributed by atoms with Gasteiger partial charge in [-0.1, -0.05) is 86.8 Å². The molecule has 0 saturated heterocycles. The van der Waals surface area contributed by atoms with Crippen LogP contribution in [0.4, 0.5) is 0 Å². The van der Waals surface area contributed by atoms with Gasteiger partial charge >= 0.3 is 0 Å². The quantitative estimate of drug-likeness (QED) is 0.169. The molecule has 28 radical (unpaired) electrons. The molecular weight excluding hydrogens is 852 g/mol. The Morgan fingerprint density at radius 1 is 0.324 bits per heavy atom. The molecule has 0 fully saturated rings. The molecule has 0 amide bonds. The van der Waals surface area contributed by atoms with Crippen molar-refractivity contribution in [2.75, 3.05) is 0 Å². The predicted molar refractivity (Wildman–Crippen MR) is 306 cm³/mol. The van der Waals surface area contributed by atoms with Crippen LogP contribution in [-0.2, 0) is 0 Å². The van der Waals surface area contributed by atoms with Gasteiger partial charge in [0.2, 0.25) is 0 Å². The lowest BCUT2D eigenvalue weighted by atomic mass is 9.56. The van der Waals surface area contributed by atoms with Crippen molar-refractivity contribution in [3.63, 3.8) is 0 Å². The predicted octanol–water partition coefficient (Wildman–Crippen LogP) is -3.45. The first-order chi connectivity index (χ1) is 34.1. The number of benzene rings is 8. The molecule has 71 heavy (non-hydrogen) atoms. The number of furan rings is 2. The normalized spacial score (nSPS) is 11.9. The van der Waals surface area contributed by atoms with Gasteiger partial charge < -0.3 is 13.4 Å². The van der Waals surface area contributed by atoms with E-state index < -0.39 is 0 Å². The first-order valence-electron chi connectivity index (χ1n) is 21.9. The fourth-order valence-corrected chi connectivity index (χ4v) is 9.92. The van der Waals surface area contributed by atoms with Crippen molar-refractivity contribution < 1.29 is 8.83 Å². The Morgan fingerprint density at radius 3 is 1.46 bits per heavy atom. The fraction of sp³-hybridized carbons (Fsp3) is 0. The molecule has 20 heteroatoms. The lowest BCUT2D eigenvalue weighted by Crippen LogP contribution is -2.57. The van der Waals surface area contributed by atoms with E-state index >= 15 is 0 Å². The monoisotopic (exact) mass is 870 g/mol. The fourth-order valence-electron chi connectivity index (χ4n) is 9.92. The maximum absolute atomic E-state index is 7.05. The molecule has 6 nitrogen and oxygen atoms in total. The highest BCUT2D eigenvalue weighted by atomic mass is 16.3. The smallest absolute Gasteiger partial charge is 0.164 e. The summed E-state index contributed by atoms with van der Waals surface area (Å²) in [5, 5.41) is 5.52. The summed E-state index contributed by atoms with van der Waals surface area (Å²) in [7, 11) is 91.3. The third-order valence-electron chi connectivity index (χ3n) is 13.5. The zero-order chi connectivity index (χ0) is 49.6. The second-order valence-corrected chi connectivity index (χ2v) is 17.3. The summed E-state index contributed by atoms with van der Waals surface area (Å²) >= 11 is 0. The second kappa shape index (κ2) is 16.3. The summed E-state index contributed by atoms with van der Waals surface area (Å²) in [6.45, 7) is 0. The molecule has 0 atom stereocenters. The van der Waals surface area contributed by atoms with E-state index in [0.717, 1.165) is 54.8 Å². The van der Waals surface area contributed by atoms with E-state index in [1.165, 1.54) is 0 Å². The largest absolute Gasteiger partial charge is 0.456 e. The Balaban J connectivity index is 1.10. The molecular formula is C51H16B14N4O2. The minimum Gasteiger partial charge on any atom is -0.456 e. The molecule has 0 bridgehead atoms. The molecule has 12 aromatic rings. The highest BCUT2D eigenvalue weighted by Gasteiger charge is 2.26. The van der Waals surface area contributed by atoms with Gasteiger partial charge in [-0.3, -0.25) is 0 Å². The number of fused-ring (bicyclic) bond motifs is 10. The number of hydrogen-bond acceptors (Lipinski definition) is 5. The zero-order valence-electron chi connectivity index (χ0n) is 37.4. The first kappa shape index (κ1) is 45.2. The standard InChI is InChI=1S/C51H16B14N4O2/c52-34-30(31-36(54)42(60)46(64)43(61)37(31)55)35(53)41(59)38(56)32(34)50-66-49(67-51(68-50)33-39(57)44(62)47(65)45(63)40(33)58)22-8-5-11-26-28(22)21-13-12-17(16-27(21)70-26)69-23-9-3-1-7-20(23)29-24(69)15-14-19-18-6-2-4-10-25(18)71-48(19)29/h1-16H. The molecule has 294 valence electrons. The lowest BCUT2D eigenvalue weighted by molar-refractivity contribution is 0.668. The molecule has 12 rings (SSSR count). The van der Waals surface area contributed by atoms with Gasteiger partial charge in [-0.2, -0.15) is 0 Å². The molecule has 8 aromatic carbocycles. The van der Waals surface area contributed by atoms with Crippen LogP contribution in [0.25, 0.3) is 117 Å². The van der Waals surface area contributed by atoms with Crippen LogP contribution in [0, 0.1) is 0 Å². The lowest BCUT2D eigenvalue weighted by Gasteiger charge is -2.28. The summed E-state index contributed by atoms with van der Waals surface area (Å²) in [5.41, 5.74) is 5.40. The van der Waals surface area contributed by atoms with E-state index in [1.54, 1.807) is 6.07 Å². The van der Waals surface area contributed by atoms with E-state index in [1.807, 2.05) is 60.7 Å². The van der Waals surface area contributed by atoms with Crippen LogP contribution >= 0.6 is 0 Å². The molecule has 0 aliphatic heterocycles. The average molecular weight is 868 g/mol. The molecule has 0 N–H and O–H groups in total. The van der Waals surface area contributed by atoms with Crippen molar-refractivity contribution in [1.82, 2.24) is 19.5 Å². The highest BCUT2D eigenvalue weighted by molar-refractivity contribution is 6.71. The molecule has 0 saturated carbocycles. The van der Waals surface area contributed by atoms with Crippen molar-refractivity contribution in [2.45, 2.75) is 0 Å². The Hall–Kier alpha value is -6.92. The third-order valence-corrected chi connectivity index (χ3v) is 13.5. The van der Waals surface area contributed by atoms with E-state index in [4.69, 9.17) is 134 Å². The van der Waals surface area contributed by atoms with Gasteiger partial charge in [0.15, 0.2) is 17.5 Å². The van der Waals surface area contributed by atoms with Crippen LogP contribution < -0.4 is 76.5 Å². The first-order valence-corrected chi connectivity index (χ1v) is 21.9. The van der Waals surface area contributed by atoms with E-state index in [9.17, 15) is 0 Å². The molecule has 4 aromatic heterocycles. The van der Waals surface area contributed by atoms with Crippen molar-refractivity contribution in [3.8, 4) is 51.0 Å². The molecule has 4 heterocycles. The van der Waals surface area contributed by atoms with Gasteiger partial charge in [0, 0.05) is 55.4 Å². The third kappa shape index (κ3) is 6.45. The summed E-state index contributed by atoms with van der Waals surface area (Å²) in [4.78, 5) is 14.8. The maximum Gasteiger partial charge on any atom is 0.164 e. The van der Waals surface area contributed by atoms with Gasteiger partial charge in [-0.25, -0.2) is 15.0 Å². The molecule has 0 unspecified atom stereocenters. The molecule has 0 aliphatic rings. The van der Waals surface area contributed by atoms with Crippen LogP contribution in [-0.4, -0.2) is 129 Å². The van der Waals surface area contributed by atoms with Crippen LogP contribution in [0.3, 0.4) is 0 Å². The number of hydrogen-bond donors (Lipinski definition) is 0. The Morgan fingerprint density at radius 2 is 0.817 bits per heavy atom. The summed E-state index contributed by atoms with van der Waals surface area (Å²) < 4.78 is 15.4. The number of nitrogens with zero attached hydrogens (tertiary/aromatic N) is 4. The Kier molecular flexibility index (Phi) is 10.4.